The largest absolute Gasteiger partial charge is 0.497 e. The van der Waals surface area contributed by atoms with Crippen molar-refractivity contribution in [2.24, 2.45) is 5.73 Å². The molecule has 1 rings (SSSR count). The zero-order chi connectivity index (χ0) is 12.1. The molecular formula is C11H18BrN3O. The minimum atomic E-state index is 0.0690. The highest BCUT2D eigenvalue weighted by Crippen LogP contribution is 2.27. The van der Waals surface area contributed by atoms with Crippen LogP contribution >= 0.6 is 15.9 Å². The summed E-state index contributed by atoms with van der Waals surface area (Å²) in [6.07, 6.45) is 0. The molecule has 0 aliphatic carbocycles. The molecule has 0 bridgehead atoms. The standard InChI is InChI=1S/C11H18BrN3O/c1-15(2)14-11(7-13)9-6-8(16-3)4-5-10(9)12/h4-6,11,14H,7,13H2,1-3H3. The number of rotatable bonds is 5. The molecule has 0 spiro atoms. The molecule has 0 aliphatic heterocycles. The number of ether oxygens (including phenoxy) is 1. The van der Waals surface area contributed by atoms with Gasteiger partial charge in [0.25, 0.3) is 0 Å². The lowest BCUT2D eigenvalue weighted by Gasteiger charge is -2.23. The molecule has 5 heteroatoms. The Morgan fingerprint density at radius 2 is 2.19 bits per heavy atom. The maximum Gasteiger partial charge on any atom is 0.119 e. The summed E-state index contributed by atoms with van der Waals surface area (Å²) in [7, 11) is 5.54. The van der Waals surface area contributed by atoms with Gasteiger partial charge >= 0.3 is 0 Å². The summed E-state index contributed by atoms with van der Waals surface area (Å²) in [6, 6.07) is 5.93. The van der Waals surface area contributed by atoms with Crippen molar-refractivity contribution < 1.29 is 4.74 Å². The van der Waals surface area contributed by atoms with Crippen molar-refractivity contribution in [3.8, 4) is 5.75 Å². The van der Waals surface area contributed by atoms with Gasteiger partial charge in [-0.25, -0.2) is 10.4 Å². The van der Waals surface area contributed by atoms with Crippen LogP contribution in [0, 0.1) is 0 Å². The third-order valence-electron chi connectivity index (χ3n) is 2.23. The van der Waals surface area contributed by atoms with E-state index in [0.29, 0.717) is 6.54 Å². The van der Waals surface area contributed by atoms with Crippen molar-refractivity contribution >= 4 is 15.9 Å². The van der Waals surface area contributed by atoms with E-state index in [4.69, 9.17) is 10.5 Å². The van der Waals surface area contributed by atoms with Crippen LogP contribution in [0.4, 0.5) is 0 Å². The van der Waals surface area contributed by atoms with Gasteiger partial charge in [0.1, 0.15) is 5.75 Å². The molecule has 0 saturated carbocycles. The Labute approximate surface area is 105 Å². The van der Waals surface area contributed by atoms with E-state index >= 15 is 0 Å². The Morgan fingerprint density at radius 1 is 1.50 bits per heavy atom. The van der Waals surface area contributed by atoms with Gasteiger partial charge in [-0.05, 0) is 23.8 Å². The highest BCUT2D eigenvalue weighted by Gasteiger charge is 2.14. The molecule has 16 heavy (non-hydrogen) atoms. The summed E-state index contributed by atoms with van der Waals surface area (Å²) >= 11 is 3.52. The summed E-state index contributed by atoms with van der Waals surface area (Å²) in [5.41, 5.74) is 10.1. The van der Waals surface area contributed by atoms with Crippen LogP contribution in [-0.2, 0) is 0 Å². The molecule has 1 atom stereocenters. The quantitative estimate of drug-likeness (QED) is 0.807. The van der Waals surface area contributed by atoms with Gasteiger partial charge < -0.3 is 10.5 Å². The first-order valence-electron chi connectivity index (χ1n) is 5.05. The zero-order valence-electron chi connectivity index (χ0n) is 9.83. The molecule has 0 heterocycles. The molecule has 0 fully saturated rings. The lowest BCUT2D eigenvalue weighted by atomic mass is 10.1. The summed E-state index contributed by atoms with van der Waals surface area (Å²) < 4.78 is 6.23. The van der Waals surface area contributed by atoms with Crippen LogP contribution in [-0.4, -0.2) is 32.8 Å². The van der Waals surface area contributed by atoms with E-state index in [-0.39, 0.29) is 6.04 Å². The molecule has 1 unspecified atom stereocenters. The number of hydrazine groups is 1. The van der Waals surface area contributed by atoms with Gasteiger partial charge in [0.15, 0.2) is 0 Å². The maximum atomic E-state index is 5.76. The first-order chi connectivity index (χ1) is 7.58. The maximum absolute atomic E-state index is 5.76. The smallest absolute Gasteiger partial charge is 0.119 e. The van der Waals surface area contributed by atoms with E-state index < -0.39 is 0 Å². The number of nitrogens with zero attached hydrogens (tertiary/aromatic N) is 1. The highest BCUT2D eigenvalue weighted by atomic mass is 79.9. The van der Waals surface area contributed by atoms with E-state index in [0.717, 1.165) is 15.8 Å². The van der Waals surface area contributed by atoms with Gasteiger partial charge in [0.2, 0.25) is 0 Å². The highest BCUT2D eigenvalue weighted by molar-refractivity contribution is 9.10. The van der Waals surface area contributed by atoms with E-state index in [1.165, 1.54) is 0 Å². The SMILES string of the molecule is COc1ccc(Br)c(C(CN)NN(C)C)c1. The zero-order valence-corrected chi connectivity index (χ0v) is 11.4. The summed E-state index contributed by atoms with van der Waals surface area (Å²) in [5, 5.41) is 1.89. The van der Waals surface area contributed by atoms with Crippen LogP contribution in [0.5, 0.6) is 5.75 Å². The van der Waals surface area contributed by atoms with Crippen LogP contribution in [0.3, 0.4) is 0 Å². The van der Waals surface area contributed by atoms with Crippen molar-refractivity contribution in [3.63, 3.8) is 0 Å². The lowest BCUT2D eigenvalue weighted by Crippen LogP contribution is -2.38. The predicted octanol–water partition coefficient (Wildman–Crippen LogP) is 1.52. The molecular weight excluding hydrogens is 270 g/mol. The second-order valence-electron chi connectivity index (χ2n) is 3.70. The summed E-state index contributed by atoms with van der Waals surface area (Å²) in [5.74, 6) is 0.831. The molecule has 0 aromatic heterocycles. The molecule has 0 aliphatic rings. The van der Waals surface area contributed by atoms with Crippen molar-refractivity contribution in [3.05, 3.63) is 28.2 Å². The average molecular weight is 288 g/mol. The normalized spacial score (nSPS) is 12.9. The second kappa shape index (κ2) is 6.20. The van der Waals surface area contributed by atoms with E-state index in [1.807, 2.05) is 37.3 Å². The van der Waals surface area contributed by atoms with E-state index in [2.05, 4.69) is 21.4 Å². The molecule has 3 N–H and O–H groups in total. The molecule has 90 valence electrons. The average Bonchev–Trinajstić information content (AvgIpc) is 2.26. The molecule has 0 amide bonds. The lowest BCUT2D eigenvalue weighted by molar-refractivity contribution is 0.245. The Morgan fingerprint density at radius 3 is 2.69 bits per heavy atom. The Kier molecular flexibility index (Phi) is 5.21. The van der Waals surface area contributed by atoms with Gasteiger partial charge in [0.05, 0.1) is 13.2 Å². The third-order valence-corrected chi connectivity index (χ3v) is 2.95. The third kappa shape index (κ3) is 3.45. The van der Waals surface area contributed by atoms with Crippen LogP contribution < -0.4 is 15.9 Å². The number of nitrogens with two attached hydrogens (primary N) is 1. The topological polar surface area (TPSA) is 50.5 Å². The Bertz CT molecular complexity index is 344. The number of halogens is 1. The molecule has 1 aromatic rings. The minimum absolute atomic E-state index is 0.0690. The number of hydrogen-bond acceptors (Lipinski definition) is 4. The summed E-state index contributed by atoms with van der Waals surface area (Å²) in [4.78, 5) is 0. The fourth-order valence-corrected chi connectivity index (χ4v) is 2.00. The van der Waals surface area contributed by atoms with Gasteiger partial charge in [-0.2, -0.15) is 0 Å². The van der Waals surface area contributed by atoms with Crippen LogP contribution in [0.1, 0.15) is 11.6 Å². The van der Waals surface area contributed by atoms with E-state index in [1.54, 1.807) is 7.11 Å². The van der Waals surface area contributed by atoms with E-state index in [9.17, 15) is 0 Å². The number of methoxy groups -OCH3 is 1. The molecule has 4 nitrogen and oxygen atoms in total. The van der Waals surface area contributed by atoms with Gasteiger partial charge in [-0.3, -0.25) is 0 Å². The fraction of sp³-hybridized carbons (Fsp3) is 0.455. The van der Waals surface area contributed by atoms with Crippen LogP contribution in [0.25, 0.3) is 0 Å². The molecule has 1 aromatic carbocycles. The van der Waals surface area contributed by atoms with Crippen molar-refractivity contribution in [1.82, 2.24) is 10.4 Å². The fourth-order valence-electron chi connectivity index (χ4n) is 1.48. The monoisotopic (exact) mass is 287 g/mol. The minimum Gasteiger partial charge on any atom is -0.497 e. The van der Waals surface area contributed by atoms with Crippen LogP contribution in [0.2, 0.25) is 0 Å². The number of nitrogens with one attached hydrogen (secondary N) is 1. The molecule has 0 radical (unpaired) electrons. The molecule has 0 saturated heterocycles. The van der Waals surface area contributed by atoms with Crippen molar-refractivity contribution in [1.29, 1.82) is 0 Å². The second-order valence-corrected chi connectivity index (χ2v) is 4.55. The van der Waals surface area contributed by atoms with Gasteiger partial charge in [0, 0.05) is 25.1 Å². The number of hydrogen-bond donors (Lipinski definition) is 2. The van der Waals surface area contributed by atoms with Crippen molar-refractivity contribution in [2.45, 2.75) is 6.04 Å². The first-order valence-corrected chi connectivity index (χ1v) is 5.84. The first kappa shape index (κ1) is 13.4. The Hall–Kier alpha value is -0.620. The van der Waals surface area contributed by atoms with Crippen LogP contribution in [0.15, 0.2) is 22.7 Å². The van der Waals surface area contributed by atoms with Crippen molar-refractivity contribution in [2.75, 3.05) is 27.7 Å². The van der Waals surface area contributed by atoms with Gasteiger partial charge in [-0.1, -0.05) is 15.9 Å². The predicted molar refractivity (Wildman–Crippen MR) is 69.3 cm³/mol. The summed E-state index contributed by atoms with van der Waals surface area (Å²) in [6.45, 7) is 0.518. The Balaban J connectivity index is 2.98. The van der Waals surface area contributed by atoms with Gasteiger partial charge in [-0.15, -0.1) is 0 Å². The number of benzene rings is 1.